The predicted molar refractivity (Wildman–Crippen MR) is 119 cm³/mol. The summed E-state index contributed by atoms with van der Waals surface area (Å²) in [4.78, 5) is 25.3. The van der Waals surface area contributed by atoms with Crippen LogP contribution >= 0.6 is 0 Å². The number of benzene rings is 2. The molecule has 1 aliphatic heterocycles. The fourth-order valence-electron chi connectivity index (χ4n) is 3.51. The van der Waals surface area contributed by atoms with Crippen LogP contribution in [0.15, 0.2) is 53.4 Å². The van der Waals surface area contributed by atoms with Crippen molar-refractivity contribution in [3.05, 3.63) is 65.2 Å². The van der Waals surface area contributed by atoms with E-state index < -0.39 is 22.1 Å². The first-order chi connectivity index (χ1) is 14.5. The molecule has 6 nitrogen and oxygen atoms in total. The molecule has 0 bridgehead atoms. The molecule has 1 heterocycles. The second kappa shape index (κ2) is 8.93. The standard InChI is InChI=1S/C24H29NO5S/c1-17(22(26)18-10-12-20(13-11-18)24(2,3)4)30-23(27)19-8-7-9-21(16-19)31(28,29)25-14-5-6-15-25/h7-13,16-17H,5-6,14-15H2,1-4H3/t17-/m0/s1. The lowest BCUT2D eigenvalue weighted by Gasteiger charge is -2.19. The highest BCUT2D eigenvalue weighted by Gasteiger charge is 2.28. The summed E-state index contributed by atoms with van der Waals surface area (Å²) in [5.74, 6) is -1.04. The molecule has 7 heteroatoms. The van der Waals surface area contributed by atoms with E-state index in [0.29, 0.717) is 18.7 Å². The number of carbonyl (C=O) groups is 2. The molecule has 0 radical (unpaired) electrons. The maximum atomic E-state index is 12.7. The summed E-state index contributed by atoms with van der Waals surface area (Å²) >= 11 is 0. The summed E-state index contributed by atoms with van der Waals surface area (Å²) in [5.41, 5.74) is 1.63. The molecular formula is C24H29NO5S. The van der Waals surface area contributed by atoms with Gasteiger partial charge in [0.2, 0.25) is 15.8 Å². The Morgan fingerprint density at radius 3 is 2.16 bits per heavy atom. The van der Waals surface area contributed by atoms with Crippen molar-refractivity contribution in [3.8, 4) is 0 Å². The highest BCUT2D eigenvalue weighted by molar-refractivity contribution is 7.89. The minimum atomic E-state index is -3.64. The van der Waals surface area contributed by atoms with Crippen LogP contribution in [0, 0.1) is 0 Å². The summed E-state index contributed by atoms with van der Waals surface area (Å²) in [6.07, 6.45) is 0.668. The van der Waals surface area contributed by atoms with Gasteiger partial charge in [-0.15, -0.1) is 0 Å². The SMILES string of the molecule is C[C@H](OC(=O)c1cccc(S(=O)(=O)N2CCCC2)c1)C(=O)c1ccc(C(C)(C)C)cc1. The number of esters is 1. The third-order valence-electron chi connectivity index (χ3n) is 5.46. The van der Waals surface area contributed by atoms with E-state index in [1.807, 2.05) is 12.1 Å². The Balaban J connectivity index is 1.71. The van der Waals surface area contributed by atoms with Gasteiger partial charge in [-0.05, 0) is 48.9 Å². The van der Waals surface area contributed by atoms with Crippen LogP contribution in [0.25, 0.3) is 0 Å². The van der Waals surface area contributed by atoms with Gasteiger partial charge in [0, 0.05) is 18.7 Å². The number of sulfonamides is 1. The zero-order valence-corrected chi connectivity index (χ0v) is 19.2. The van der Waals surface area contributed by atoms with Gasteiger partial charge in [0.25, 0.3) is 0 Å². The molecule has 166 valence electrons. The van der Waals surface area contributed by atoms with Crippen LogP contribution in [0.3, 0.4) is 0 Å². The van der Waals surface area contributed by atoms with Crippen molar-refractivity contribution >= 4 is 21.8 Å². The lowest BCUT2D eigenvalue weighted by Crippen LogP contribution is -2.28. The third-order valence-corrected chi connectivity index (χ3v) is 7.36. The van der Waals surface area contributed by atoms with E-state index >= 15 is 0 Å². The molecule has 1 atom stereocenters. The smallest absolute Gasteiger partial charge is 0.338 e. The molecule has 1 fully saturated rings. The highest BCUT2D eigenvalue weighted by Crippen LogP contribution is 2.24. The summed E-state index contributed by atoms with van der Waals surface area (Å²) in [6, 6.07) is 13.0. The number of carbonyl (C=O) groups excluding carboxylic acids is 2. The van der Waals surface area contributed by atoms with E-state index in [0.717, 1.165) is 18.4 Å². The fourth-order valence-corrected chi connectivity index (χ4v) is 5.08. The Kier molecular flexibility index (Phi) is 6.67. The first kappa shape index (κ1) is 23.2. The maximum Gasteiger partial charge on any atom is 0.338 e. The largest absolute Gasteiger partial charge is 0.451 e. The molecule has 1 aliphatic rings. The predicted octanol–water partition coefficient (Wildman–Crippen LogP) is 4.20. The molecule has 0 saturated carbocycles. The van der Waals surface area contributed by atoms with Gasteiger partial charge >= 0.3 is 5.97 Å². The van der Waals surface area contributed by atoms with E-state index in [9.17, 15) is 18.0 Å². The molecule has 0 unspecified atom stereocenters. The first-order valence-electron chi connectivity index (χ1n) is 10.5. The van der Waals surface area contributed by atoms with Crippen molar-refractivity contribution < 1.29 is 22.7 Å². The van der Waals surface area contributed by atoms with Crippen LogP contribution in [-0.4, -0.2) is 43.7 Å². The molecule has 0 spiro atoms. The van der Waals surface area contributed by atoms with Crippen molar-refractivity contribution in [1.82, 2.24) is 4.31 Å². The summed E-state index contributed by atoms with van der Waals surface area (Å²) in [6.45, 7) is 8.75. The Bertz CT molecular complexity index is 1060. The second-order valence-electron chi connectivity index (χ2n) is 8.88. The van der Waals surface area contributed by atoms with Gasteiger partial charge in [-0.1, -0.05) is 51.1 Å². The number of ketones is 1. The molecule has 0 N–H and O–H groups in total. The Hall–Kier alpha value is -2.51. The van der Waals surface area contributed by atoms with Gasteiger partial charge in [0.1, 0.15) is 0 Å². The number of nitrogens with zero attached hydrogens (tertiary/aromatic N) is 1. The molecular weight excluding hydrogens is 414 g/mol. The second-order valence-corrected chi connectivity index (χ2v) is 10.8. The zero-order valence-electron chi connectivity index (χ0n) is 18.4. The zero-order chi connectivity index (χ0) is 22.8. The van der Waals surface area contributed by atoms with E-state index in [1.54, 1.807) is 12.1 Å². The van der Waals surface area contributed by atoms with Crippen LogP contribution in [-0.2, 0) is 20.2 Å². The van der Waals surface area contributed by atoms with Crippen LogP contribution in [0.5, 0.6) is 0 Å². The average Bonchev–Trinajstić information content (AvgIpc) is 3.28. The van der Waals surface area contributed by atoms with Gasteiger partial charge < -0.3 is 4.74 Å². The maximum absolute atomic E-state index is 12.7. The lowest BCUT2D eigenvalue weighted by molar-refractivity contribution is 0.0318. The molecule has 0 aliphatic carbocycles. The van der Waals surface area contributed by atoms with Gasteiger partial charge in [-0.2, -0.15) is 4.31 Å². The Labute approximate surface area is 184 Å². The molecule has 2 aromatic rings. The normalized spacial score (nSPS) is 16.1. The first-order valence-corrected chi connectivity index (χ1v) is 11.9. The van der Waals surface area contributed by atoms with Crippen LogP contribution < -0.4 is 0 Å². The number of rotatable bonds is 6. The number of hydrogen-bond acceptors (Lipinski definition) is 5. The van der Waals surface area contributed by atoms with Crippen LogP contribution in [0.2, 0.25) is 0 Å². The van der Waals surface area contributed by atoms with Crippen LogP contribution in [0.4, 0.5) is 0 Å². The highest BCUT2D eigenvalue weighted by atomic mass is 32.2. The number of Topliss-reactive ketones (excluding diaryl/α,β-unsaturated/α-hetero) is 1. The van der Waals surface area contributed by atoms with Crippen molar-refractivity contribution in [3.63, 3.8) is 0 Å². The molecule has 31 heavy (non-hydrogen) atoms. The lowest BCUT2D eigenvalue weighted by atomic mass is 9.86. The van der Waals surface area contributed by atoms with Gasteiger partial charge in [-0.3, -0.25) is 4.79 Å². The van der Waals surface area contributed by atoms with Crippen molar-refractivity contribution in [2.24, 2.45) is 0 Å². The van der Waals surface area contributed by atoms with Gasteiger partial charge in [0.15, 0.2) is 6.10 Å². The molecule has 2 aromatic carbocycles. The van der Waals surface area contributed by atoms with Gasteiger partial charge in [0.05, 0.1) is 10.5 Å². The van der Waals surface area contributed by atoms with Gasteiger partial charge in [-0.25, -0.2) is 13.2 Å². The third kappa shape index (κ3) is 5.22. The Morgan fingerprint density at radius 1 is 0.968 bits per heavy atom. The van der Waals surface area contributed by atoms with Crippen molar-refractivity contribution in [2.75, 3.05) is 13.1 Å². The number of hydrogen-bond donors (Lipinski definition) is 0. The van der Waals surface area contributed by atoms with Crippen molar-refractivity contribution in [2.45, 2.75) is 57.0 Å². The number of ether oxygens (including phenoxy) is 1. The molecule has 0 aromatic heterocycles. The fraction of sp³-hybridized carbons (Fsp3) is 0.417. The quantitative estimate of drug-likeness (QED) is 0.494. The van der Waals surface area contributed by atoms with E-state index in [2.05, 4.69) is 20.8 Å². The summed E-state index contributed by atoms with van der Waals surface area (Å²) in [7, 11) is -3.64. The molecule has 3 rings (SSSR count). The monoisotopic (exact) mass is 443 g/mol. The Morgan fingerprint density at radius 2 is 1.58 bits per heavy atom. The topological polar surface area (TPSA) is 80.8 Å². The molecule has 1 saturated heterocycles. The summed E-state index contributed by atoms with van der Waals surface area (Å²) < 4.78 is 32.3. The minimum Gasteiger partial charge on any atom is -0.451 e. The molecule has 0 amide bonds. The van der Waals surface area contributed by atoms with Crippen molar-refractivity contribution in [1.29, 1.82) is 0 Å². The van der Waals surface area contributed by atoms with E-state index in [-0.39, 0.29) is 21.7 Å². The average molecular weight is 444 g/mol. The van der Waals surface area contributed by atoms with E-state index in [1.165, 1.54) is 35.5 Å². The summed E-state index contributed by atoms with van der Waals surface area (Å²) in [5, 5.41) is 0. The minimum absolute atomic E-state index is 0.0277. The van der Waals surface area contributed by atoms with Crippen LogP contribution in [0.1, 0.15) is 66.8 Å². The van der Waals surface area contributed by atoms with E-state index in [4.69, 9.17) is 4.74 Å².